The number of hydrogen-bond donors (Lipinski definition) is 0. The van der Waals surface area contributed by atoms with E-state index in [1.165, 1.54) is 0 Å². The van der Waals surface area contributed by atoms with Gasteiger partial charge in [0.05, 0.1) is 0 Å². The summed E-state index contributed by atoms with van der Waals surface area (Å²) < 4.78 is 2.37. The second-order valence-electron chi connectivity index (χ2n) is 6.62. The first-order valence-corrected chi connectivity index (χ1v) is 10.1. The van der Waals surface area contributed by atoms with Gasteiger partial charge in [-0.1, -0.05) is 48.5 Å². The van der Waals surface area contributed by atoms with Gasteiger partial charge in [0, 0.05) is 28.8 Å². The molecule has 0 saturated heterocycles. The molecule has 5 rings (SSSR count). The summed E-state index contributed by atoms with van der Waals surface area (Å²) >= 11 is 3.36. The van der Waals surface area contributed by atoms with E-state index in [-0.39, 0.29) is 0 Å². The van der Waals surface area contributed by atoms with Crippen molar-refractivity contribution in [3.8, 4) is 11.1 Å². The Labute approximate surface area is 177 Å². The summed E-state index contributed by atoms with van der Waals surface area (Å²) in [5, 5.41) is 4.34. The van der Waals surface area contributed by atoms with Crippen molar-refractivity contribution in [2.24, 2.45) is 0 Å². The van der Waals surface area contributed by atoms with Gasteiger partial charge in [-0.2, -0.15) is 0 Å². The van der Waals surface area contributed by atoms with E-state index in [0.29, 0.717) is 4.73 Å². The van der Waals surface area contributed by atoms with Gasteiger partial charge in [-0.15, -0.1) is 5.10 Å². The fraction of sp³-hybridized carbons (Fsp3) is 0. The summed E-state index contributed by atoms with van der Waals surface area (Å²) in [7, 11) is 0. The van der Waals surface area contributed by atoms with Crippen LogP contribution in [0.3, 0.4) is 0 Å². The summed E-state index contributed by atoms with van der Waals surface area (Å²) in [5.41, 5.74) is 6.31. The quantitative estimate of drug-likeness (QED) is 0.314. The molecule has 0 fully saturated rings. The van der Waals surface area contributed by atoms with Crippen molar-refractivity contribution in [3.63, 3.8) is 0 Å². The Morgan fingerprint density at radius 1 is 0.655 bits per heavy atom. The number of anilines is 3. The summed E-state index contributed by atoms with van der Waals surface area (Å²) in [4.78, 5) is 6.75. The Kier molecular flexibility index (Phi) is 4.58. The lowest BCUT2D eigenvalue weighted by molar-refractivity contribution is 0.946. The Bertz CT molecular complexity index is 1210. The third-order valence-electron chi connectivity index (χ3n) is 4.80. The molecule has 0 aliphatic rings. The molecule has 5 aromatic rings. The lowest BCUT2D eigenvalue weighted by Gasteiger charge is -2.25. The topological polar surface area (TPSA) is 33.4 Å². The Morgan fingerprint density at radius 2 is 1.24 bits per heavy atom. The molecule has 0 aliphatic heterocycles. The molecular weight excluding hydrogens is 424 g/mol. The van der Waals surface area contributed by atoms with E-state index in [9.17, 15) is 0 Å². The predicted octanol–water partition coefficient (Wildman–Crippen LogP) is 6.63. The molecule has 140 valence electrons. The van der Waals surface area contributed by atoms with E-state index in [2.05, 4.69) is 110 Å². The van der Waals surface area contributed by atoms with Crippen LogP contribution in [-0.4, -0.2) is 14.6 Å². The maximum absolute atomic E-state index is 4.50. The molecule has 0 saturated carbocycles. The van der Waals surface area contributed by atoms with Crippen molar-refractivity contribution in [2.75, 3.05) is 4.90 Å². The number of rotatable bonds is 4. The van der Waals surface area contributed by atoms with Gasteiger partial charge in [0.15, 0.2) is 5.65 Å². The number of halogens is 1. The molecule has 3 aromatic carbocycles. The van der Waals surface area contributed by atoms with Crippen molar-refractivity contribution >= 4 is 38.6 Å². The average molecular weight is 441 g/mol. The second-order valence-corrected chi connectivity index (χ2v) is 7.33. The largest absolute Gasteiger partial charge is 0.311 e. The van der Waals surface area contributed by atoms with E-state index < -0.39 is 0 Å². The zero-order chi connectivity index (χ0) is 19.6. The first kappa shape index (κ1) is 17.6. The zero-order valence-electron chi connectivity index (χ0n) is 15.5. The molecule has 2 heterocycles. The molecule has 5 heteroatoms. The monoisotopic (exact) mass is 440 g/mol. The molecule has 0 unspecified atom stereocenters. The highest BCUT2D eigenvalue weighted by Crippen LogP contribution is 2.35. The summed E-state index contributed by atoms with van der Waals surface area (Å²) in [6.45, 7) is 0. The summed E-state index contributed by atoms with van der Waals surface area (Å²) in [6, 6.07) is 33.4. The standard InChI is InChI=1S/C24H17BrN4/c25-24-26-23-22(12-7-17-28(23)27-24)18-13-15-21(16-14-18)29(19-8-3-1-4-9-19)20-10-5-2-6-11-20/h1-17H. The van der Waals surface area contributed by atoms with Crippen LogP contribution in [0.5, 0.6) is 0 Å². The molecule has 0 radical (unpaired) electrons. The summed E-state index contributed by atoms with van der Waals surface area (Å²) in [6.07, 6.45) is 1.90. The first-order valence-electron chi connectivity index (χ1n) is 9.31. The van der Waals surface area contributed by atoms with Crippen molar-refractivity contribution in [3.05, 3.63) is 108 Å². The number of fused-ring (bicyclic) bond motifs is 1. The number of pyridine rings is 1. The Hall–Kier alpha value is -3.44. The number of aromatic nitrogens is 3. The molecule has 29 heavy (non-hydrogen) atoms. The number of hydrogen-bond acceptors (Lipinski definition) is 3. The number of para-hydroxylation sites is 2. The van der Waals surface area contributed by atoms with E-state index in [0.717, 1.165) is 33.8 Å². The normalized spacial score (nSPS) is 10.9. The lowest BCUT2D eigenvalue weighted by atomic mass is 10.1. The molecule has 4 nitrogen and oxygen atoms in total. The maximum atomic E-state index is 4.50. The maximum Gasteiger partial charge on any atom is 0.218 e. The van der Waals surface area contributed by atoms with Crippen LogP contribution in [-0.2, 0) is 0 Å². The first-order chi connectivity index (χ1) is 14.3. The van der Waals surface area contributed by atoms with Crippen LogP contribution >= 0.6 is 15.9 Å². The highest BCUT2D eigenvalue weighted by Gasteiger charge is 2.13. The van der Waals surface area contributed by atoms with Crippen molar-refractivity contribution in [1.29, 1.82) is 0 Å². The molecular formula is C24H17BrN4. The fourth-order valence-corrected chi connectivity index (χ4v) is 3.84. The lowest BCUT2D eigenvalue weighted by Crippen LogP contribution is -2.09. The van der Waals surface area contributed by atoms with Crippen LogP contribution in [0.25, 0.3) is 16.8 Å². The van der Waals surface area contributed by atoms with Crippen molar-refractivity contribution < 1.29 is 0 Å². The van der Waals surface area contributed by atoms with Crippen LogP contribution in [0.15, 0.2) is 108 Å². The molecule has 0 atom stereocenters. The van der Waals surface area contributed by atoms with Crippen LogP contribution < -0.4 is 4.90 Å². The van der Waals surface area contributed by atoms with Gasteiger partial charge in [-0.25, -0.2) is 9.50 Å². The average Bonchev–Trinajstić information content (AvgIpc) is 3.16. The Balaban J connectivity index is 1.59. The highest BCUT2D eigenvalue weighted by atomic mass is 79.9. The van der Waals surface area contributed by atoms with Crippen molar-refractivity contribution in [2.45, 2.75) is 0 Å². The molecule has 0 spiro atoms. The zero-order valence-corrected chi connectivity index (χ0v) is 17.1. The van der Waals surface area contributed by atoms with Gasteiger partial charge >= 0.3 is 0 Å². The Morgan fingerprint density at radius 3 is 1.86 bits per heavy atom. The molecule has 2 aromatic heterocycles. The minimum atomic E-state index is 0.584. The predicted molar refractivity (Wildman–Crippen MR) is 121 cm³/mol. The van der Waals surface area contributed by atoms with Crippen LogP contribution in [0, 0.1) is 0 Å². The molecule has 0 aliphatic carbocycles. The smallest absolute Gasteiger partial charge is 0.218 e. The number of benzene rings is 3. The highest BCUT2D eigenvalue weighted by molar-refractivity contribution is 9.10. The van der Waals surface area contributed by atoms with Crippen LogP contribution in [0.1, 0.15) is 0 Å². The van der Waals surface area contributed by atoms with Crippen molar-refractivity contribution in [1.82, 2.24) is 14.6 Å². The van der Waals surface area contributed by atoms with E-state index in [1.54, 1.807) is 4.52 Å². The summed E-state index contributed by atoms with van der Waals surface area (Å²) in [5.74, 6) is 0. The van der Waals surface area contributed by atoms with Gasteiger partial charge in [-0.05, 0) is 70.0 Å². The molecule has 0 bridgehead atoms. The van der Waals surface area contributed by atoms with Gasteiger partial charge in [0.2, 0.25) is 4.73 Å². The van der Waals surface area contributed by atoms with E-state index in [1.807, 2.05) is 24.4 Å². The van der Waals surface area contributed by atoms with Crippen LogP contribution in [0.2, 0.25) is 0 Å². The van der Waals surface area contributed by atoms with E-state index >= 15 is 0 Å². The SMILES string of the molecule is Brc1nc2c(-c3ccc(N(c4ccccc4)c4ccccc4)cc3)cccn2n1. The van der Waals surface area contributed by atoms with Gasteiger partial charge in [-0.3, -0.25) is 0 Å². The van der Waals surface area contributed by atoms with Gasteiger partial charge in [0.25, 0.3) is 0 Å². The third kappa shape index (κ3) is 3.41. The number of nitrogens with zero attached hydrogens (tertiary/aromatic N) is 4. The fourth-order valence-electron chi connectivity index (χ4n) is 3.50. The molecule has 0 N–H and O–H groups in total. The minimum absolute atomic E-state index is 0.584. The van der Waals surface area contributed by atoms with Gasteiger partial charge in [0.1, 0.15) is 0 Å². The third-order valence-corrected chi connectivity index (χ3v) is 5.14. The minimum Gasteiger partial charge on any atom is -0.311 e. The van der Waals surface area contributed by atoms with E-state index in [4.69, 9.17) is 0 Å². The second kappa shape index (κ2) is 7.53. The van der Waals surface area contributed by atoms with Gasteiger partial charge < -0.3 is 4.90 Å². The molecule has 0 amide bonds. The van der Waals surface area contributed by atoms with Crippen LogP contribution in [0.4, 0.5) is 17.1 Å².